The van der Waals surface area contributed by atoms with Crippen molar-refractivity contribution >= 4 is 11.3 Å². The van der Waals surface area contributed by atoms with E-state index in [-0.39, 0.29) is 18.3 Å². The monoisotopic (exact) mass is 389 g/mol. The molecule has 1 aliphatic carbocycles. The van der Waals surface area contributed by atoms with Gasteiger partial charge in [0.05, 0.1) is 12.7 Å². The molecule has 2 aromatic heterocycles. The van der Waals surface area contributed by atoms with Crippen molar-refractivity contribution in [3.63, 3.8) is 0 Å². The number of nitrogens with zero attached hydrogens (tertiary/aromatic N) is 1. The number of pyridine rings is 1. The van der Waals surface area contributed by atoms with Crippen LogP contribution in [0.2, 0.25) is 0 Å². The van der Waals surface area contributed by atoms with Crippen LogP contribution in [0.15, 0.2) is 35.8 Å². The third kappa shape index (κ3) is 4.07. The number of aromatic nitrogens is 1. The van der Waals surface area contributed by atoms with Crippen LogP contribution >= 0.6 is 11.3 Å². The molecule has 1 saturated heterocycles. The van der Waals surface area contributed by atoms with Crippen molar-refractivity contribution in [2.75, 3.05) is 13.7 Å². The van der Waals surface area contributed by atoms with Gasteiger partial charge in [0, 0.05) is 34.3 Å². The minimum atomic E-state index is -1.88. The van der Waals surface area contributed by atoms with Crippen molar-refractivity contribution in [1.82, 2.24) is 4.98 Å². The summed E-state index contributed by atoms with van der Waals surface area (Å²) in [6, 6.07) is 8.01. The van der Waals surface area contributed by atoms with Gasteiger partial charge in [-0.15, -0.1) is 11.3 Å². The van der Waals surface area contributed by atoms with Crippen LogP contribution in [0.3, 0.4) is 0 Å². The predicted molar refractivity (Wildman–Crippen MR) is 111 cm³/mol. The third-order valence-corrected chi connectivity index (χ3v) is 7.00. The Morgan fingerprint density at radius 3 is 2.89 bits per heavy atom. The van der Waals surface area contributed by atoms with Crippen LogP contribution in [-0.4, -0.2) is 24.3 Å². The van der Waals surface area contributed by atoms with Crippen molar-refractivity contribution in [3.05, 3.63) is 46.4 Å². The van der Waals surface area contributed by atoms with E-state index >= 15 is 0 Å². The Balaban J connectivity index is 1.52. The predicted octanol–water partition coefficient (Wildman–Crippen LogP) is 5.93. The first-order valence-electron chi connectivity index (χ1n) is 11.9. The molecule has 1 spiro atoms. The van der Waals surface area contributed by atoms with E-state index in [4.69, 9.17) is 19.9 Å². The highest BCUT2D eigenvalue weighted by molar-refractivity contribution is 7.10. The van der Waals surface area contributed by atoms with E-state index in [0.717, 1.165) is 43.5 Å². The normalized spacial score (nSPS) is 30.3. The average Bonchev–Trinajstić information content (AvgIpc) is 3.24. The number of hydrogen-bond acceptors (Lipinski definition) is 4. The maximum Gasteiger partial charge on any atom is 0.132 e. The average molecular weight is 390 g/mol. The van der Waals surface area contributed by atoms with Gasteiger partial charge in [-0.3, -0.25) is 4.98 Å². The number of aryl methyl sites for hydroxylation is 1. The summed E-state index contributed by atoms with van der Waals surface area (Å²) in [6.07, 6.45) is 3.71. The second-order valence-electron chi connectivity index (χ2n) is 7.78. The van der Waals surface area contributed by atoms with Crippen molar-refractivity contribution in [2.24, 2.45) is 0 Å². The highest BCUT2D eigenvalue weighted by atomic mass is 32.1. The molecule has 1 atom stereocenters. The van der Waals surface area contributed by atoms with Crippen molar-refractivity contribution in [2.45, 2.75) is 75.1 Å². The minimum Gasteiger partial charge on any atom is -0.496 e. The maximum absolute atomic E-state index is 8.26. The summed E-state index contributed by atoms with van der Waals surface area (Å²) in [5.41, 5.74) is 0.0503. The molecule has 0 amide bonds. The van der Waals surface area contributed by atoms with Gasteiger partial charge in [-0.2, -0.15) is 0 Å². The smallest absolute Gasteiger partial charge is 0.132 e. The SMILES string of the molecule is [2H]C1([2H])CC2(CC1([2H])[2H])C[C@](CCCCc1sccc1OC)(c1ccccn1)CCO2. The first-order chi connectivity index (χ1) is 14.7. The summed E-state index contributed by atoms with van der Waals surface area (Å²) in [5.74, 6) is 0.963. The van der Waals surface area contributed by atoms with Gasteiger partial charge in [0.25, 0.3) is 0 Å². The summed E-state index contributed by atoms with van der Waals surface area (Å²) >= 11 is 1.73. The largest absolute Gasteiger partial charge is 0.496 e. The number of rotatable bonds is 7. The zero-order chi connectivity index (χ0) is 22.2. The topological polar surface area (TPSA) is 31.4 Å². The highest BCUT2D eigenvalue weighted by Crippen LogP contribution is 2.50. The Kier molecular flexibility index (Phi) is 4.49. The Morgan fingerprint density at radius 2 is 2.11 bits per heavy atom. The zero-order valence-corrected chi connectivity index (χ0v) is 16.8. The first kappa shape index (κ1) is 14.6. The molecule has 1 aliphatic heterocycles. The standard InChI is InChI=1S/C23H31NO2S/c1-25-19-10-17-27-20(19)8-2-4-11-22(21-9-3-7-15-24-21)14-16-26-23(18-22)12-5-6-13-23/h3,7,9-10,15,17H,2,4-6,8,11-14,16,18H2,1H3/t22-/m1/s1/i5D2,6D2. The number of thiophene rings is 1. The number of methoxy groups -OCH3 is 1. The summed E-state index contributed by atoms with van der Waals surface area (Å²) < 4.78 is 44.6. The van der Waals surface area contributed by atoms with Gasteiger partial charge in [-0.1, -0.05) is 25.2 Å². The molecule has 2 aromatic rings. The number of unbranched alkanes of at least 4 members (excludes halogenated alkanes) is 1. The molecule has 4 rings (SSSR count). The summed E-state index contributed by atoms with van der Waals surface area (Å²) in [4.78, 5) is 5.97. The molecule has 3 nitrogen and oxygen atoms in total. The maximum atomic E-state index is 8.26. The Morgan fingerprint density at radius 1 is 1.22 bits per heavy atom. The van der Waals surface area contributed by atoms with Gasteiger partial charge < -0.3 is 9.47 Å². The molecule has 4 heteroatoms. The van der Waals surface area contributed by atoms with E-state index in [0.29, 0.717) is 13.0 Å². The van der Waals surface area contributed by atoms with Crippen LogP contribution in [0.5, 0.6) is 5.75 Å². The highest BCUT2D eigenvalue weighted by Gasteiger charge is 2.48. The fraction of sp³-hybridized carbons (Fsp3) is 0.609. The van der Waals surface area contributed by atoms with E-state index in [1.807, 2.05) is 24.4 Å². The second-order valence-corrected chi connectivity index (χ2v) is 8.78. The van der Waals surface area contributed by atoms with Crippen molar-refractivity contribution in [1.29, 1.82) is 0 Å². The van der Waals surface area contributed by atoms with Crippen LogP contribution < -0.4 is 4.74 Å². The van der Waals surface area contributed by atoms with Crippen LogP contribution in [0, 0.1) is 0 Å². The Labute approximate surface area is 172 Å². The summed E-state index contributed by atoms with van der Waals surface area (Å²) in [6.45, 7) is 0.515. The number of hydrogen-bond donors (Lipinski definition) is 0. The van der Waals surface area contributed by atoms with Gasteiger partial charge >= 0.3 is 0 Å². The van der Waals surface area contributed by atoms with Gasteiger partial charge in [-0.25, -0.2) is 0 Å². The molecule has 0 radical (unpaired) electrons. The fourth-order valence-electron chi connectivity index (χ4n) is 4.63. The molecule has 1 saturated carbocycles. The molecule has 146 valence electrons. The van der Waals surface area contributed by atoms with Gasteiger partial charge in [0.2, 0.25) is 0 Å². The van der Waals surface area contributed by atoms with Crippen molar-refractivity contribution in [3.8, 4) is 5.75 Å². The molecule has 0 aromatic carbocycles. The molecule has 27 heavy (non-hydrogen) atoms. The minimum absolute atomic E-state index is 0.105. The first-order valence-corrected chi connectivity index (χ1v) is 10.7. The lowest BCUT2D eigenvalue weighted by Crippen LogP contribution is -2.46. The lowest BCUT2D eigenvalue weighted by atomic mass is 9.67. The molecular formula is C23H31NO2S. The van der Waals surface area contributed by atoms with E-state index < -0.39 is 18.3 Å². The fourth-order valence-corrected chi connectivity index (χ4v) is 5.52. The second kappa shape index (κ2) is 8.32. The lowest BCUT2D eigenvalue weighted by Gasteiger charge is -2.46. The quantitative estimate of drug-likeness (QED) is 0.550. The van der Waals surface area contributed by atoms with E-state index in [1.165, 1.54) is 4.88 Å². The third-order valence-electron chi connectivity index (χ3n) is 6.04. The molecule has 0 unspecified atom stereocenters. The molecule has 2 fully saturated rings. The van der Waals surface area contributed by atoms with E-state index in [1.54, 1.807) is 18.4 Å². The van der Waals surface area contributed by atoms with Gasteiger partial charge in [-0.05, 0) is 68.5 Å². The van der Waals surface area contributed by atoms with E-state index in [2.05, 4.69) is 11.4 Å². The molecule has 3 heterocycles. The van der Waals surface area contributed by atoms with Crippen LogP contribution in [0.4, 0.5) is 0 Å². The van der Waals surface area contributed by atoms with Crippen LogP contribution in [0.1, 0.15) is 73.7 Å². The molecular weight excluding hydrogens is 354 g/mol. The molecule has 0 bridgehead atoms. The van der Waals surface area contributed by atoms with Gasteiger partial charge in [0.15, 0.2) is 0 Å². The molecule has 2 aliphatic rings. The zero-order valence-electron chi connectivity index (χ0n) is 20.0. The van der Waals surface area contributed by atoms with E-state index in [9.17, 15) is 0 Å². The van der Waals surface area contributed by atoms with Crippen LogP contribution in [0.25, 0.3) is 0 Å². The lowest BCUT2D eigenvalue weighted by molar-refractivity contribution is -0.104. The summed E-state index contributed by atoms with van der Waals surface area (Å²) in [5, 5.41) is 2.06. The Hall–Kier alpha value is -1.39. The summed E-state index contributed by atoms with van der Waals surface area (Å²) in [7, 11) is 1.71. The number of ether oxygens (including phenoxy) is 2. The van der Waals surface area contributed by atoms with Crippen LogP contribution in [-0.2, 0) is 16.6 Å². The molecule has 0 N–H and O–H groups in total. The van der Waals surface area contributed by atoms with Gasteiger partial charge in [0.1, 0.15) is 5.75 Å². The van der Waals surface area contributed by atoms with Crippen molar-refractivity contribution < 1.29 is 15.0 Å². The Bertz CT molecular complexity index is 873.